The summed E-state index contributed by atoms with van der Waals surface area (Å²) < 4.78 is 1.79. The van der Waals surface area contributed by atoms with E-state index in [0.717, 1.165) is 28.1 Å². The summed E-state index contributed by atoms with van der Waals surface area (Å²) in [7, 11) is 0. The zero-order valence-corrected chi connectivity index (χ0v) is 16.2. The van der Waals surface area contributed by atoms with Gasteiger partial charge < -0.3 is 5.32 Å². The van der Waals surface area contributed by atoms with E-state index in [1.165, 1.54) is 0 Å². The van der Waals surface area contributed by atoms with E-state index in [2.05, 4.69) is 11.9 Å². The summed E-state index contributed by atoms with van der Waals surface area (Å²) in [5.74, 6) is -0.0326. The van der Waals surface area contributed by atoms with Crippen molar-refractivity contribution < 1.29 is 4.79 Å². The number of rotatable bonds is 6. The topological polar surface area (TPSA) is 46.9 Å². The Morgan fingerprint density at radius 3 is 2.63 bits per heavy atom. The second-order valence-electron chi connectivity index (χ2n) is 6.65. The molecule has 27 heavy (non-hydrogen) atoms. The highest BCUT2D eigenvalue weighted by Crippen LogP contribution is 2.26. The molecular formula is C22H22ClN3O. The average Bonchev–Trinajstić information content (AvgIpc) is 3.04. The second-order valence-corrected chi connectivity index (χ2v) is 7.09. The standard InChI is InChI=1S/C22H22ClN3O/c1-4-16-8-10-20(11-9-16)26-14-18(13-21(27)24-15(2)3)22(25-26)17-6-5-7-19(23)12-17/h4-12,14-15H,1,13H2,2-3H3,(H,24,27). The number of hydrogen-bond donors (Lipinski definition) is 1. The molecular weight excluding hydrogens is 358 g/mol. The number of aromatic nitrogens is 2. The first-order valence-electron chi connectivity index (χ1n) is 8.83. The van der Waals surface area contributed by atoms with E-state index in [-0.39, 0.29) is 18.4 Å². The highest BCUT2D eigenvalue weighted by Gasteiger charge is 2.16. The van der Waals surface area contributed by atoms with Crippen molar-refractivity contribution in [3.8, 4) is 16.9 Å². The zero-order valence-electron chi connectivity index (χ0n) is 15.4. The Hall–Kier alpha value is -2.85. The molecule has 1 aromatic heterocycles. The summed E-state index contributed by atoms with van der Waals surface area (Å²) in [4.78, 5) is 12.3. The number of carbonyl (C=O) groups excluding carboxylic acids is 1. The molecule has 1 N–H and O–H groups in total. The van der Waals surface area contributed by atoms with Gasteiger partial charge in [-0.25, -0.2) is 4.68 Å². The first kappa shape index (κ1) is 18.9. The highest BCUT2D eigenvalue weighted by molar-refractivity contribution is 6.30. The quantitative estimate of drug-likeness (QED) is 0.661. The van der Waals surface area contributed by atoms with Crippen LogP contribution in [0.3, 0.4) is 0 Å². The number of nitrogens with zero attached hydrogens (tertiary/aromatic N) is 2. The van der Waals surface area contributed by atoms with Gasteiger partial charge in [-0.1, -0.05) is 48.5 Å². The first-order valence-corrected chi connectivity index (χ1v) is 9.21. The Bertz CT molecular complexity index is 958. The number of halogens is 1. The number of benzene rings is 2. The van der Waals surface area contributed by atoms with Crippen LogP contribution in [0.2, 0.25) is 5.02 Å². The van der Waals surface area contributed by atoms with Crippen molar-refractivity contribution >= 4 is 23.6 Å². The summed E-state index contributed by atoms with van der Waals surface area (Å²) in [5, 5.41) is 8.30. The van der Waals surface area contributed by atoms with E-state index in [9.17, 15) is 4.79 Å². The van der Waals surface area contributed by atoms with Crippen LogP contribution < -0.4 is 5.32 Å². The smallest absolute Gasteiger partial charge is 0.224 e. The molecule has 0 aliphatic carbocycles. The maximum atomic E-state index is 12.3. The molecule has 0 unspecified atom stereocenters. The van der Waals surface area contributed by atoms with Crippen molar-refractivity contribution in [2.24, 2.45) is 0 Å². The third kappa shape index (κ3) is 4.66. The monoisotopic (exact) mass is 379 g/mol. The van der Waals surface area contributed by atoms with Crippen molar-refractivity contribution in [3.63, 3.8) is 0 Å². The van der Waals surface area contributed by atoms with Gasteiger partial charge in [-0.05, 0) is 43.7 Å². The van der Waals surface area contributed by atoms with Gasteiger partial charge in [0.1, 0.15) is 0 Å². The SMILES string of the molecule is C=Cc1ccc(-n2cc(CC(=O)NC(C)C)c(-c3cccc(Cl)c3)n2)cc1. The van der Waals surface area contributed by atoms with Crippen LogP contribution in [0.25, 0.3) is 23.0 Å². The molecule has 0 bridgehead atoms. The molecule has 0 spiro atoms. The number of amides is 1. The number of hydrogen-bond acceptors (Lipinski definition) is 2. The Morgan fingerprint density at radius 1 is 1.26 bits per heavy atom. The lowest BCUT2D eigenvalue weighted by Gasteiger charge is -2.08. The highest BCUT2D eigenvalue weighted by atomic mass is 35.5. The molecule has 0 saturated heterocycles. The molecule has 2 aromatic carbocycles. The van der Waals surface area contributed by atoms with Gasteiger partial charge in [0.25, 0.3) is 0 Å². The fraction of sp³-hybridized carbons (Fsp3) is 0.182. The van der Waals surface area contributed by atoms with Crippen LogP contribution in [0.15, 0.2) is 61.3 Å². The Labute approximate surface area is 164 Å². The molecule has 0 aliphatic rings. The molecule has 0 atom stereocenters. The lowest BCUT2D eigenvalue weighted by atomic mass is 10.1. The lowest BCUT2D eigenvalue weighted by molar-refractivity contribution is -0.120. The molecule has 0 saturated carbocycles. The molecule has 1 amide bonds. The van der Waals surface area contributed by atoms with Gasteiger partial charge in [0.05, 0.1) is 17.8 Å². The molecule has 1 heterocycles. The van der Waals surface area contributed by atoms with Crippen molar-refractivity contribution in [2.75, 3.05) is 0 Å². The number of carbonyl (C=O) groups is 1. The molecule has 0 fully saturated rings. The van der Waals surface area contributed by atoms with Gasteiger partial charge in [-0.2, -0.15) is 5.10 Å². The van der Waals surface area contributed by atoms with E-state index in [1.807, 2.05) is 68.6 Å². The maximum absolute atomic E-state index is 12.3. The van der Waals surface area contributed by atoms with Crippen molar-refractivity contribution in [1.82, 2.24) is 15.1 Å². The maximum Gasteiger partial charge on any atom is 0.224 e. The minimum Gasteiger partial charge on any atom is -0.354 e. The van der Waals surface area contributed by atoms with Crippen molar-refractivity contribution in [1.29, 1.82) is 0 Å². The van der Waals surface area contributed by atoms with Gasteiger partial charge in [0.2, 0.25) is 5.91 Å². The van der Waals surface area contributed by atoms with Gasteiger partial charge in [0, 0.05) is 28.4 Å². The number of nitrogens with one attached hydrogen (secondary N) is 1. The Kier molecular flexibility index (Phi) is 5.77. The van der Waals surface area contributed by atoms with Gasteiger partial charge >= 0.3 is 0 Å². The Balaban J connectivity index is 2.02. The Morgan fingerprint density at radius 2 is 2.00 bits per heavy atom. The van der Waals surface area contributed by atoms with Crippen LogP contribution in [0.5, 0.6) is 0 Å². The fourth-order valence-corrected chi connectivity index (χ4v) is 3.05. The van der Waals surface area contributed by atoms with E-state index in [1.54, 1.807) is 10.8 Å². The fourth-order valence-electron chi connectivity index (χ4n) is 2.86. The minimum absolute atomic E-state index is 0.0326. The van der Waals surface area contributed by atoms with Crippen LogP contribution >= 0.6 is 11.6 Å². The van der Waals surface area contributed by atoms with Crippen LogP contribution in [0, 0.1) is 0 Å². The van der Waals surface area contributed by atoms with Crippen LogP contribution in [0.1, 0.15) is 25.0 Å². The molecule has 0 radical (unpaired) electrons. The van der Waals surface area contributed by atoms with Crippen molar-refractivity contribution in [3.05, 3.63) is 77.5 Å². The first-order chi connectivity index (χ1) is 13.0. The predicted molar refractivity (Wildman–Crippen MR) is 111 cm³/mol. The molecule has 5 heteroatoms. The summed E-state index contributed by atoms with van der Waals surface area (Å²) in [6.45, 7) is 7.67. The molecule has 3 aromatic rings. The van der Waals surface area contributed by atoms with E-state index >= 15 is 0 Å². The van der Waals surface area contributed by atoms with Crippen molar-refractivity contribution in [2.45, 2.75) is 26.3 Å². The molecule has 3 rings (SSSR count). The van der Waals surface area contributed by atoms with Crippen LogP contribution in [0.4, 0.5) is 0 Å². The zero-order chi connectivity index (χ0) is 19.4. The minimum atomic E-state index is -0.0326. The van der Waals surface area contributed by atoms with E-state index in [4.69, 9.17) is 16.7 Å². The summed E-state index contributed by atoms with van der Waals surface area (Å²) in [5.41, 5.74) is 4.45. The summed E-state index contributed by atoms with van der Waals surface area (Å²) in [6, 6.07) is 15.5. The van der Waals surface area contributed by atoms with Gasteiger partial charge in [0.15, 0.2) is 0 Å². The van der Waals surface area contributed by atoms with Crippen LogP contribution in [-0.2, 0) is 11.2 Å². The van der Waals surface area contributed by atoms with Crippen LogP contribution in [-0.4, -0.2) is 21.7 Å². The van der Waals surface area contributed by atoms with E-state index < -0.39 is 0 Å². The summed E-state index contributed by atoms with van der Waals surface area (Å²) in [6.07, 6.45) is 3.95. The molecule has 4 nitrogen and oxygen atoms in total. The summed E-state index contributed by atoms with van der Waals surface area (Å²) >= 11 is 6.16. The average molecular weight is 380 g/mol. The van der Waals surface area contributed by atoms with E-state index in [0.29, 0.717) is 5.02 Å². The predicted octanol–water partition coefficient (Wildman–Crippen LogP) is 4.90. The largest absolute Gasteiger partial charge is 0.354 e. The molecule has 138 valence electrons. The second kappa shape index (κ2) is 8.23. The lowest BCUT2D eigenvalue weighted by Crippen LogP contribution is -2.31. The third-order valence-electron chi connectivity index (χ3n) is 4.08. The van der Waals surface area contributed by atoms with Gasteiger partial charge in [-0.15, -0.1) is 0 Å². The normalized spacial score (nSPS) is 10.8. The van der Waals surface area contributed by atoms with Gasteiger partial charge in [-0.3, -0.25) is 4.79 Å². The molecule has 0 aliphatic heterocycles. The third-order valence-corrected chi connectivity index (χ3v) is 4.32.